The van der Waals surface area contributed by atoms with Crippen molar-refractivity contribution in [3.8, 4) is 0 Å². The van der Waals surface area contributed by atoms with Gasteiger partial charge in [-0.1, -0.05) is 12.8 Å². The molecule has 0 aromatic carbocycles. The fourth-order valence-corrected chi connectivity index (χ4v) is 5.01. The summed E-state index contributed by atoms with van der Waals surface area (Å²) in [7, 11) is 1.79. The molecule has 2 amide bonds. The molecule has 0 bridgehead atoms. The van der Waals surface area contributed by atoms with E-state index in [2.05, 4.69) is 4.90 Å². The predicted octanol–water partition coefficient (Wildman–Crippen LogP) is 1.89. The minimum atomic E-state index is -0.539. The molecule has 2 unspecified atom stereocenters. The number of likely N-dealkylation sites (N-methyl/N-ethyl adjacent to an activating group) is 1. The van der Waals surface area contributed by atoms with Gasteiger partial charge in [-0.05, 0) is 31.9 Å². The Hall–Kier alpha value is -2.77. The van der Waals surface area contributed by atoms with Gasteiger partial charge in [-0.15, -0.1) is 0 Å². The number of fused-ring (bicyclic) bond motifs is 1. The molecule has 30 heavy (non-hydrogen) atoms. The number of carbonyl (C=O) groups excluding carboxylic acids is 3. The summed E-state index contributed by atoms with van der Waals surface area (Å²) in [4.78, 5) is 44.1. The summed E-state index contributed by atoms with van der Waals surface area (Å²) >= 11 is 0. The molecular formula is C22H29N3O5. The van der Waals surface area contributed by atoms with Crippen LogP contribution in [0.1, 0.15) is 43.2 Å². The Morgan fingerprint density at radius 2 is 1.90 bits per heavy atom. The zero-order chi connectivity index (χ0) is 21.3. The first-order valence-electron chi connectivity index (χ1n) is 10.8. The minimum absolute atomic E-state index is 0.113. The van der Waals surface area contributed by atoms with Crippen LogP contribution >= 0.6 is 0 Å². The molecule has 1 saturated heterocycles. The van der Waals surface area contributed by atoms with Crippen LogP contribution in [0.25, 0.3) is 0 Å². The molecule has 8 heteroatoms. The maximum atomic E-state index is 13.1. The number of hydrogen-bond acceptors (Lipinski definition) is 6. The second-order valence-corrected chi connectivity index (χ2v) is 8.11. The van der Waals surface area contributed by atoms with Crippen LogP contribution < -0.4 is 0 Å². The fraction of sp³-hybridized carbons (Fsp3) is 0.591. The zero-order valence-corrected chi connectivity index (χ0v) is 17.6. The molecule has 1 aliphatic carbocycles. The number of carbonyl (C=O) groups is 3. The van der Waals surface area contributed by atoms with Crippen molar-refractivity contribution in [3.63, 3.8) is 0 Å². The summed E-state index contributed by atoms with van der Waals surface area (Å²) in [5.74, 6) is -0.456. The van der Waals surface area contributed by atoms with E-state index in [1.807, 2.05) is 0 Å². The molecule has 2 aliphatic heterocycles. The Labute approximate surface area is 176 Å². The largest absolute Gasteiger partial charge is 0.462 e. The summed E-state index contributed by atoms with van der Waals surface area (Å²) < 4.78 is 10.5. The maximum Gasteiger partial charge on any atom is 0.345 e. The van der Waals surface area contributed by atoms with Crippen molar-refractivity contribution in [2.75, 3.05) is 39.8 Å². The second-order valence-electron chi connectivity index (χ2n) is 8.11. The Morgan fingerprint density at radius 3 is 2.57 bits per heavy atom. The summed E-state index contributed by atoms with van der Waals surface area (Å²) in [5.41, 5.74) is 1.000. The highest BCUT2D eigenvalue weighted by molar-refractivity contribution is 6.17. The van der Waals surface area contributed by atoms with E-state index in [4.69, 9.17) is 9.15 Å². The lowest BCUT2D eigenvalue weighted by Crippen LogP contribution is -2.56. The molecule has 162 valence electrons. The van der Waals surface area contributed by atoms with Gasteiger partial charge in [0.1, 0.15) is 5.57 Å². The number of esters is 1. The van der Waals surface area contributed by atoms with Crippen LogP contribution in [-0.4, -0.2) is 78.4 Å². The van der Waals surface area contributed by atoms with E-state index in [9.17, 15) is 14.4 Å². The number of amides is 2. The monoisotopic (exact) mass is 415 g/mol. The summed E-state index contributed by atoms with van der Waals surface area (Å²) in [6.45, 7) is 4.15. The Bertz CT molecular complexity index is 839. The SMILES string of the molecule is CCOC(=O)C1=C(N2CCN(C(=O)c3ccco3)CC2)C2CCCCC2N(C)C1=O. The Morgan fingerprint density at radius 1 is 1.17 bits per heavy atom. The van der Waals surface area contributed by atoms with Gasteiger partial charge in [-0.25, -0.2) is 4.79 Å². The van der Waals surface area contributed by atoms with Crippen molar-refractivity contribution in [1.29, 1.82) is 0 Å². The third-order valence-electron chi connectivity index (χ3n) is 6.49. The van der Waals surface area contributed by atoms with Crippen LogP contribution in [0.5, 0.6) is 0 Å². The number of hydrogen-bond donors (Lipinski definition) is 0. The van der Waals surface area contributed by atoms with Gasteiger partial charge in [0.2, 0.25) is 0 Å². The zero-order valence-electron chi connectivity index (χ0n) is 17.6. The van der Waals surface area contributed by atoms with Crippen molar-refractivity contribution >= 4 is 17.8 Å². The van der Waals surface area contributed by atoms with Crippen molar-refractivity contribution in [2.24, 2.45) is 5.92 Å². The van der Waals surface area contributed by atoms with Crippen molar-refractivity contribution < 1.29 is 23.5 Å². The van der Waals surface area contributed by atoms with E-state index >= 15 is 0 Å². The minimum Gasteiger partial charge on any atom is -0.462 e. The average Bonchev–Trinajstić information content (AvgIpc) is 3.31. The molecule has 3 heterocycles. The van der Waals surface area contributed by atoms with Gasteiger partial charge in [0, 0.05) is 50.9 Å². The van der Waals surface area contributed by atoms with Gasteiger partial charge in [-0.2, -0.15) is 0 Å². The first-order valence-corrected chi connectivity index (χ1v) is 10.8. The number of furan rings is 1. The maximum absolute atomic E-state index is 13.1. The smallest absolute Gasteiger partial charge is 0.345 e. The molecule has 1 saturated carbocycles. The van der Waals surface area contributed by atoms with Crippen molar-refractivity contribution in [3.05, 3.63) is 35.4 Å². The van der Waals surface area contributed by atoms with Crippen molar-refractivity contribution in [1.82, 2.24) is 14.7 Å². The molecular weight excluding hydrogens is 386 g/mol. The molecule has 4 rings (SSSR count). The fourth-order valence-electron chi connectivity index (χ4n) is 5.01. The normalized spacial score (nSPS) is 24.7. The Kier molecular flexibility index (Phi) is 5.83. The topological polar surface area (TPSA) is 83.3 Å². The summed E-state index contributed by atoms with van der Waals surface area (Å²) in [5, 5.41) is 0. The average molecular weight is 415 g/mol. The van der Waals surface area contributed by atoms with Crippen LogP contribution in [0.4, 0.5) is 0 Å². The molecule has 8 nitrogen and oxygen atoms in total. The quantitative estimate of drug-likeness (QED) is 0.552. The van der Waals surface area contributed by atoms with E-state index in [-0.39, 0.29) is 36.0 Å². The number of nitrogens with zero attached hydrogens (tertiary/aromatic N) is 3. The molecule has 3 aliphatic rings. The van der Waals surface area contributed by atoms with Gasteiger partial charge >= 0.3 is 5.97 Å². The van der Waals surface area contributed by atoms with Crippen LogP contribution in [-0.2, 0) is 14.3 Å². The van der Waals surface area contributed by atoms with Crippen molar-refractivity contribution in [2.45, 2.75) is 38.6 Å². The molecule has 1 aromatic rings. The van der Waals surface area contributed by atoms with E-state index < -0.39 is 5.97 Å². The van der Waals surface area contributed by atoms with E-state index in [0.717, 1.165) is 31.4 Å². The van der Waals surface area contributed by atoms with Gasteiger partial charge < -0.3 is 23.9 Å². The van der Waals surface area contributed by atoms with E-state index in [1.54, 1.807) is 35.9 Å². The van der Waals surface area contributed by atoms with Gasteiger partial charge in [0.15, 0.2) is 5.76 Å². The highest BCUT2D eigenvalue weighted by Crippen LogP contribution is 2.40. The first kappa shape index (κ1) is 20.5. The van der Waals surface area contributed by atoms with E-state index in [1.165, 1.54) is 6.26 Å². The summed E-state index contributed by atoms with van der Waals surface area (Å²) in [6.07, 6.45) is 5.56. The molecule has 0 N–H and O–H groups in total. The lowest BCUT2D eigenvalue weighted by Gasteiger charge is -2.48. The van der Waals surface area contributed by atoms with Crippen LogP contribution in [0.15, 0.2) is 34.1 Å². The molecule has 2 fully saturated rings. The number of ether oxygens (including phenoxy) is 1. The van der Waals surface area contributed by atoms with Crippen LogP contribution in [0.3, 0.4) is 0 Å². The lowest BCUT2D eigenvalue weighted by molar-refractivity contribution is -0.144. The third kappa shape index (κ3) is 3.59. The third-order valence-corrected chi connectivity index (χ3v) is 6.49. The van der Waals surface area contributed by atoms with E-state index in [0.29, 0.717) is 31.9 Å². The standard InChI is InChI=1S/C22H29N3O5/c1-3-29-22(28)18-19(15-7-4-5-8-16(15)23(2)21(18)27)24-10-12-25(13-11-24)20(26)17-9-6-14-30-17/h6,9,14-16H,3-5,7-8,10-13H2,1-2H3. The van der Waals surface area contributed by atoms with Gasteiger partial charge in [0.25, 0.3) is 11.8 Å². The first-order chi connectivity index (χ1) is 14.5. The van der Waals surface area contributed by atoms with Crippen LogP contribution in [0, 0.1) is 5.92 Å². The lowest BCUT2D eigenvalue weighted by atomic mass is 9.76. The molecule has 0 spiro atoms. The van der Waals surface area contributed by atoms with Crippen LogP contribution in [0.2, 0.25) is 0 Å². The second kappa shape index (κ2) is 8.53. The highest BCUT2D eigenvalue weighted by Gasteiger charge is 2.46. The number of rotatable bonds is 4. The van der Waals surface area contributed by atoms with Gasteiger partial charge in [0.05, 0.1) is 12.9 Å². The highest BCUT2D eigenvalue weighted by atomic mass is 16.5. The molecule has 2 atom stereocenters. The molecule has 0 radical (unpaired) electrons. The van der Waals surface area contributed by atoms with Gasteiger partial charge in [-0.3, -0.25) is 9.59 Å². The molecule has 1 aromatic heterocycles. The number of piperazine rings is 1. The predicted molar refractivity (Wildman–Crippen MR) is 108 cm³/mol. The summed E-state index contributed by atoms with van der Waals surface area (Å²) in [6, 6.07) is 3.48. The Balaban J connectivity index is 1.61.